The van der Waals surface area contributed by atoms with Gasteiger partial charge >= 0.3 is 5.97 Å². The van der Waals surface area contributed by atoms with E-state index >= 15 is 0 Å². The van der Waals surface area contributed by atoms with E-state index in [0.29, 0.717) is 63.2 Å². The number of benzene rings is 1. The van der Waals surface area contributed by atoms with Crippen LogP contribution in [0.1, 0.15) is 70.3 Å². The molecule has 0 radical (unpaired) electrons. The molecule has 0 amide bonds. The molecular formula is C32H43NO7. The van der Waals surface area contributed by atoms with Crippen molar-refractivity contribution in [2.45, 2.75) is 88.6 Å². The van der Waals surface area contributed by atoms with Gasteiger partial charge in [-0.3, -0.25) is 4.99 Å². The zero-order valence-electron chi connectivity index (χ0n) is 23.9. The van der Waals surface area contributed by atoms with Crippen LogP contribution in [0.3, 0.4) is 0 Å². The molecular weight excluding hydrogens is 510 g/mol. The van der Waals surface area contributed by atoms with Gasteiger partial charge in [-0.15, -0.1) is 0 Å². The standard InChI is InChI=1S/C32H43NO7/c1-29-8-5-26-27(32(29,37)11-7-25(29)21-14-28(35)40-18-21)6-10-31(36)16-22(34)4-9-30(26,31)19-33-17-20-12-23(38-2)15-24(13-20)39-3/h12-15,19,22,25-27,34,36-37H,4-11,16-18H2,1-3H3/t22-,25+,26-,27+,29+,30-,31+,32-/m0/s1. The highest BCUT2D eigenvalue weighted by atomic mass is 16.5. The number of hydrogen-bond acceptors (Lipinski definition) is 8. The van der Waals surface area contributed by atoms with Crippen LogP contribution in [0.5, 0.6) is 11.5 Å². The third kappa shape index (κ3) is 4.04. The Balaban J connectivity index is 1.34. The molecule has 0 bridgehead atoms. The lowest BCUT2D eigenvalue weighted by Crippen LogP contribution is -2.68. The number of ether oxygens (including phenoxy) is 3. The Kier molecular flexibility index (Phi) is 6.83. The Morgan fingerprint density at radius 3 is 2.40 bits per heavy atom. The number of esters is 1. The Bertz CT molecular complexity index is 1210. The molecule has 40 heavy (non-hydrogen) atoms. The molecule has 0 saturated heterocycles. The maximum atomic E-state index is 12.6. The van der Waals surface area contributed by atoms with Crippen molar-refractivity contribution in [2.75, 3.05) is 20.8 Å². The fourth-order valence-electron chi connectivity index (χ4n) is 9.63. The van der Waals surface area contributed by atoms with E-state index < -0.39 is 22.7 Å². The number of nitrogens with zero attached hydrogens (tertiary/aromatic N) is 1. The smallest absolute Gasteiger partial charge is 0.331 e. The number of carbonyl (C=O) groups is 1. The van der Waals surface area contributed by atoms with Gasteiger partial charge < -0.3 is 29.5 Å². The lowest BCUT2D eigenvalue weighted by molar-refractivity contribution is -0.237. The van der Waals surface area contributed by atoms with Crippen LogP contribution in [-0.2, 0) is 16.1 Å². The minimum absolute atomic E-state index is 0.00811. The number of hydrogen-bond donors (Lipinski definition) is 3. The zero-order chi connectivity index (χ0) is 28.3. The first kappa shape index (κ1) is 27.7. The van der Waals surface area contributed by atoms with Crippen LogP contribution in [0, 0.1) is 28.6 Å². The molecule has 1 aromatic rings. The van der Waals surface area contributed by atoms with Gasteiger partial charge in [-0.1, -0.05) is 6.92 Å². The number of aliphatic imine (C=N–C) groups is 1. The van der Waals surface area contributed by atoms with Gasteiger partial charge in [-0.25, -0.2) is 4.79 Å². The Labute approximate surface area is 236 Å². The van der Waals surface area contributed by atoms with E-state index in [-0.39, 0.29) is 29.1 Å². The van der Waals surface area contributed by atoms with Crippen molar-refractivity contribution < 1.29 is 34.3 Å². The quantitative estimate of drug-likeness (QED) is 0.360. The predicted molar refractivity (Wildman–Crippen MR) is 149 cm³/mol. The maximum Gasteiger partial charge on any atom is 0.331 e. The van der Waals surface area contributed by atoms with Gasteiger partial charge in [0.05, 0.1) is 38.1 Å². The molecule has 1 heterocycles. The van der Waals surface area contributed by atoms with Gasteiger partial charge in [0, 0.05) is 35.6 Å². The normalized spacial score (nSPS) is 42.5. The van der Waals surface area contributed by atoms with E-state index in [9.17, 15) is 20.1 Å². The lowest BCUT2D eigenvalue weighted by Gasteiger charge is -2.65. The van der Waals surface area contributed by atoms with Crippen molar-refractivity contribution >= 4 is 12.2 Å². The van der Waals surface area contributed by atoms with Crippen LogP contribution in [0.25, 0.3) is 0 Å². The van der Waals surface area contributed by atoms with E-state index in [2.05, 4.69) is 6.92 Å². The van der Waals surface area contributed by atoms with Crippen molar-refractivity contribution in [1.29, 1.82) is 0 Å². The molecule has 8 atom stereocenters. The van der Waals surface area contributed by atoms with Gasteiger partial charge in [-0.05, 0) is 92.4 Å². The van der Waals surface area contributed by atoms with Crippen LogP contribution in [-0.4, -0.2) is 65.6 Å². The van der Waals surface area contributed by atoms with Gasteiger partial charge in [0.25, 0.3) is 0 Å². The molecule has 4 aliphatic carbocycles. The number of cyclic esters (lactones) is 1. The minimum Gasteiger partial charge on any atom is -0.497 e. The van der Waals surface area contributed by atoms with Gasteiger partial charge in [0.1, 0.15) is 18.1 Å². The molecule has 1 aromatic carbocycles. The minimum atomic E-state index is -1.07. The first-order valence-electron chi connectivity index (χ1n) is 14.8. The Morgan fingerprint density at radius 2 is 1.73 bits per heavy atom. The molecule has 8 heteroatoms. The fraction of sp³-hybridized carbons (Fsp3) is 0.688. The topological polar surface area (TPSA) is 118 Å². The summed E-state index contributed by atoms with van der Waals surface area (Å²) in [7, 11) is 3.25. The average Bonchev–Trinajstić information content (AvgIpc) is 3.48. The molecule has 0 spiro atoms. The molecule has 4 fully saturated rings. The second-order valence-electron chi connectivity index (χ2n) is 13.2. The van der Waals surface area contributed by atoms with E-state index in [1.54, 1.807) is 20.3 Å². The third-order valence-electron chi connectivity index (χ3n) is 11.6. The number of methoxy groups -OCH3 is 2. The van der Waals surface area contributed by atoms with Crippen LogP contribution < -0.4 is 9.47 Å². The molecule has 0 unspecified atom stereocenters. The van der Waals surface area contributed by atoms with Crippen molar-refractivity contribution in [3.8, 4) is 11.5 Å². The Morgan fingerprint density at radius 1 is 1.00 bits per heavy atom. The summed E-state index contributed by atoms with van der Waals surface area (Å²) < 4.78 is 16.1. The second-order valence-corrected chi connectivity index (χ2v) is 13.2. The number of aliphatic hydroxyl groups excluding tert-OH is 1. The summed E-state index contributed by atoms with van der Waals surface area (Å²) in [5, 5.41) is 35.4. The summed E-state index contributed by atoms with van der Waals surface area (Å²) >= 11 is 0. The van der Waals surface area contributed by atoms with Crippen LogP contribution in [0.15, 0.2) is 34.8 Å². The van der Waals surface area contributed by atoms with Crippen molar-refractivity contribution in [3.05, 3.63) is 35.4 Å². The predicted octanol–water partition coefficient (Wildman–Crippen LogP) is 3.99. The van der Waals surface area contributed by atoms with Gasteiger partial charge in [-0.2, -0.15) is 0 Å². The summed E-state index contributed by atoms with van der Waals surface area (Å²) in [4.78, 5) is 16.8. The number of fused-ring (bicyclic) bond motifs is 5. The zero-order valence-corrected chi connectivity index (χ0v) is 23.9. The molecule has 1 aliphatic heterocycles. The summed E-state index contributed by atoms with van der Waals surface area (Å²) in [6, 6.07) is 5.71. The van der Waals surface area contributed by atoms with Crippen molar-refractivity contribution in [3.63, 3.8) is 0 Å². The van der Waals surface area contributed by atoms with Crippen LogP contribution >= 0.6 is 0 Å². The highest BCUT2D eigenvalue weighted by molar-refractivity contribution is 5.85. The Hall–Kier alpha value is -2.42. The van der Waals surface area contributed by atoms with E-state index in [1.165, 1.54) is 0 Å². The first-order chi connectivity index (χ1) is 19.1. The van der Waals surface area contributed by atoms with Gasteiger partial charge in [0.2, 0.25) is 0 Å². The number of aliphatic hydroxyl groups is 3. The fourth-order valence-corrected chi connectivity index (χ4v) is 9.63. The van der Waals surface area contributed by atoms with Crippen LogP contribution in [0.2, 0.25) is 0 Å². The van der Waals surface area contributed by atoms with E-state index in [1.807, 2.05) is 24.4 Å². The largest absolute Gasteiger partial charge is 0.497 e. The molecule has 8 nitrogen and oxygen atoms in total. The molecule has 3 N–H and O–H groups in total. The maximum absolute atomic E-state index is 12.6. The van der Waals surface area contributed by atoms with Crippen molar-refractivity contribution in [1.82, 2.24) is 0 Å². The average molecular weight is 554 g/mol. The van der Waals surface area contributed by atoms with Crippen LogP contribution in [0.4, 0.5) is 0 Å². The van der Waals surface area contributed by atoms with E-state index in [4.69, 9.17) is 19.2 Å². The summed E-state index contributed by atoms with van der Waals surface area (Å²) in [6.07, 6.45) is 9.09. The summed E-state index contributed by atoms with van der Waals surface area (Å²) in [5.74, 6) is 1.29. The number of rotatable bonds is 6. The van der Waals surface area contributed by atoms with E-state index in [0.717, 1.165) is 30.4 Å². The third-order valence-corrected chi connectivity index (χ3v) is 11.6. The molecule has 6 rings (SSSR count). The summed E-state index contributed by atoms with van der Waals surface area (Å²) in [6.45, 7) is 2.94. The monoisotopic (exact) mass is 553 g/mol. The van der Waals surface area contributed by atoms with Gasteiger partial charge in [0.15, 0.2) is 0 Å². The summed E-state index contributed by atoms with van der Waals surface area (Å²) in [5.41, 5.74) is -0.986. The lowest BCUT2D eigenvalue weighted by atomic mass is 9.41. The van der Waals surface area contributed by atoms with Crippen molar-refractivity contribution in [2.24, 2.45) is 33.6 Å². The highest BCUT2D eigenvalue weighted by Gasteiger charge is 2.71. The first-order valence-corrected chi connectivity index (χ1v) is 14.8. The highest BCUT2D eigenvalue weighted by Crippen LogP contribution is 2.70. The molecule has 0 aromatic heterocycles. The molecule has 218 valence electrons. The second kappa shape index (κ2) is 9.85. The molecule has 5 aliphatic rings. The SMILES string of the molecule is COc1cc(CN=C[C@]23CC[C@H](O)C[C@]2(O)CC[C@@H]2[C@@H]3CC[C@]3(C)[C@@H](C4=CC(=O)OC4)CC[C@]23O)cc(OC)c1. The molecule has 4 saturated carbocycles. The number of carbonyl (C=O) groups excluding carboxylic acids is 1.